The summed E-state index contributed by atoms with van der Waals surface area (Å²) < 4.78 is 12.2. The van der Waals surface area contributed by atoms with Crippen LogP contribution in [0.15, 0.2) is 189 Å². The molecule has 0 radical (unpaired) electrons. The molecule has 0 saturated carbocycles. The minimum atomic E-state index is -1.50. The van der Waals surface area contributed by atoms with Gasteiger partial charge in [-0.1, -0.05) is 117 Å². The summed E-state index contributed by atoms with van der Waals surface area (Å²) in [6, 6.07) is 45.6. The van der Waals surface area contributed by atoms with Gasteiger partial charge in [0.05, 0.1) is 34.8 Å². The van der Waals surface area contributed by atoms with Crippen molar-refractivity contribution in [2.24, 2.45) is 5.92 Å². The second-order valence-corrected chi connectivity index (χ2v) is 17.4. The van der Waals surface area contributed by atoms with Crippen molar-refractivity contribution < 1.29 is 48.3 Å². The van der Waals surface area contributed by atoms with E-state index < -0.39 is 58.4 Å². The first-order valence-corrected chi connectivity index (χ1v) is 23.6. The van der Waals surface area contributed by atoms with Gasteiger partial charge >= 0.3 is 5.97 Å². The van der Waals surface area contributed by atoms with Gasteiger partial charge in [0, 0.05) is 34.6 Å². The summed E-state index contributed by atoms with van der Waals surface area (Å²) >= 11 is 0. The van der Waals surface area contributed by atoms with Crippen LogP contribution >= 0.6 is 0 Å². The average molecular weight is 1010 g/mol. The standard InChI is InChI=1S/C58H52N6O11/c1-4-34-74-51-47(55(68)59-44-28-22-40(23-29-44)57(70)71)32-33-48(52(51)75-36-37(2)3)61-53(66)38-20-26-45(27-21-38)60-56(69)49(62-54(67)39-24-30-46(31-25-39)64(72)73)35-50(65)63-58(41-14-8-5-9-15-41,42-16-10-6-11-17-42)43-18-12-7-13-19-43/h4-33,37,49H,1,34-36H2,2-3H3,(H,59,68)(H,60,69)(H,61,66)(H,62,67)(H,63,65)(H,70,71). The molecule has 17 nitrogen and oxygen atoms in total. The van der Waals surface area contributed by atoms with Crippen LogP contribution in [0, 0.1) is 16.0 Å². The van der Waals surface area contributed by atoms with Crippen molar-refractivity contribution in [3.8, 4) is 11.5 Å². The highest BCUT2D eigenvalue weighted by molar-refractivity contribution is 6.10. The van der Waals surface area contributed by atoms with E-state index in [4.69, 9.17) is 9.47 Å². The molecule has 380 valence electrons. The molecule has 0 aliphatic rings. The number of nitro groups is 1. The third-order valence-electron chi connectivity index (χ3n) is 11.6. The summed E-state index contributed by atoms with van der Waals surface area (Å²) in [7, 11) is 0. The van der Waals surface area contributed by atoms with Gasteiger partial charge in [-0.25, -0.2) is 4.79 Å². The summed E-state index contributed by atoms with van der Waals surface area (Å²) in [6.07, 6.45) is 0.918. The molecule has 75 heavy (non-hydrogen) atoms. The number of nitrogens with one attached hydrogen (secondary N) is 5. The number of hydrogen-bond donors (Lipinski definition) is 6. The summed E-state index contributed by atoms with van der Waals surface area (Å²) in [5, 5.41) is 34.8. The fourth-order valence-electron chi connectivity index (χ4n) is 7.95. The molecule has 7 aromatic carbocycles. The van der Waals surface area contributed by atoms with Crippen LogP contribution < -0.4 is 36.1 Å². The van der Waals surface area contributed by atoms with Crippen molar-refractivity contribution in [3.63, 3.8) is 0 Å². The van der Waals surface area contributed by atoms with Crippen molar-refractivity contribution >= 4 is 58.3 Å². The molecule has 17 heteroatoms. The Morgan fingerprint density at radius 1 is 0.613 bits per heavy atom. The Hall–Kier alpha value is -9.90. The summed E-state index contributed by atoms with van der Waals surface area (Å²) in [5.74, 6) is -4.40. The topological polar surface area (TPSA) is 244 Å². The highest BCUT2D eigenvalue weighted by atomic mass is 16.6. The minimum Gasteiger partial charge on any atom is -0.487 e. The number of amides is 5. The van der Waals surface area contributed by atoms with Gasteiger partial charge in [-0.3, -0.25) is 34.1 Å². The Bertz CT molecular complexity index is 3090. The molecule has 6 N–H and O–H groups in total. The molecule has 0 saturated heterocycles. The third-order valence-corrected chi connectivity index (χ3v) is 11.6. The van der Waals surface area contributed by atoms with E-state index >= 15 is 0 Å². The largest absolute Gasteiger partial charge is 0.487 e. The molecule has 0 bridgehead atoms. The van der Waals surface area contributed by atoms with E-state index in [0.717, 1.165) is 28.8 Å². The lowest BCUT2D eigenvalue weighted by atomic mass is 9.77. The second-order valence-electron chi connectivity index (χ2n) is 17.4. The quantitative estimate of drug-likeness (QED) is 0.0162. The molecule has 0 heterocycles. The van der Waals surface area contributed by atoms with Crippen LogP contribution in [-0.2, 0) is 15.1 Å². The molecule has 0 aromatic heterocycles. The van der Waals surface area contributed by atoms with Gasteiger partial charge < -0.3 is 41.2 Å². The van der Waals surface area contributed by atoms with Crippen molar-refractivity contribution in [1.29, 1.82) is 0 Å². The van der Waals surface area contributed by atoms with E-state index in [9.17, 15) is 44.0 Å². The zero-order chi connectivity index (χ0) is 53.5. The number of nitro benzene ring substituents is 1. The predicted octanol–water partition coefficient (Wildman–Crippen LogP) is 9.63. The van der Waals surface area contributed by atoms with Gasteiger partial charge in [-0.2, -0.15) is 0 Å². The van der Waals surface area contributed by atoms with Crippen molar-refractivity contribution in [2.75, 3.05) is 29.2 Å². The first-order chi connectivity index (χ1) is 36.2. The van der Waals surface area contributed by atoms with Crippen molar-refractivity contribution in [2.45, 2.75) is 31.8 Å². The fourth-order valence-corrected chi connectivity index (χ4v) is 7.95. The van der Waals surface area contributed by atoms with Crippen LogP contribution in [-0.4, -0.2) is 64.8 Å². The summed E-state index contributed by atoms with van der Waals surface area (Å²) in [5.41, 5.74) is 1.59. The second kappa shape index (κ2) is 24.5. The number of aromatic carboxylic acids is 1. The Labute approximate surface area is 431 Å². The van der Waals surface area contributed by atoms with Crippen molar-refractivity contribution in [1.82, 2.24) is 10.6 Å². The Kier molecular flexibility index (Phi) is 17.3. The first kappa shape index (κ1) is 52.9. The molecule has 0 aliphatic carbocycles. The molecule has 0 spiro atoms. The number of nitrogens with zero attached hydrogens (tertiary/aromatic N) is 1. The van der Waals surface area contributed by atoms with Crippen LogP contribution in [0.25, 0.3) is 0 Å². The monoisotopic (exact) mass is 1010 g/mol. The molecule has 0 aliphatic heterocycles. The number of non-ortho nitro benzene ring substituents is 1. The normalized spacial score (nSPS) is 11.3. The Morgan fingerprint density at radius 3 is 1.63 bits per heavy atom. The SMILES string of the molecule is C=CCOc1c(C(=O)Nc2ccc(C(=O)O)cc2)ccc(NC(=O)c2ccc(NC(=O)C(CC(=O)NC(c3ccccc3)(c3ccccc3)c3ccccc3)NC(=O)c3ccc([N+](=O)[O-])cc3)cc2)c1OCC(C)C. The number of carboxylic acid groups (broad SMARTS) is 1. The lowest BCUT2D eigenvalue weighted by Gasteiger charge is -2.37. The van der Waals surface area contributed by atoms with Gasteiger partial charge in [0.2, 0.25) is 11.8 Å². The van der Waals surface area contributed by atoms with Crippen LogP contribution in [0.5, 0.6) is 11.5 Å². The van der Waals surface area contributed by atoms with E-state index in [2.05, 4.69) is 33.2 Å². The van der Waals surface area contributed by atoms with Crippen molar-refractivity contribution in [3.05, 3.63) is 238 Å². The average Bonchev–Trinajstić information content (AvgIpc) is 3.42. The molecule has 5 amide bonds. The van der Waals surface area contributed by atoms with E-state index in [1.165, 1.54) is 78.9 Å². The summed E-state index contributed by atoms with van der Waals surface area (Å²) in [6.45, 7) is 7.69. The lowest BCUT2D eigenvalue weighted by molar-refractivity contribution is -0.384. The lowest BCUT2D eigenvalue weighted by Crippen LogP contribution is -2.52. The third kappa shape index (κ3) is 13.2. The predicted molar refractivity (Wildman–Crippen MR) is 283 cm³/mol. The smallest absolute Gasteiger partial charge is 0.335 e. The van der Waals surface area contributed by atoms with Crippen LogP contribution in [0.4, 0.5) is 22.7 Å². The van der Waals surface area contributed by atoms with E-state index in [1.807, 2.05) is 105 Å². The Morgan fingerprint density at radius 2 is 1.12 bits per heavy atom. The number of carboxylic acids is 1. The van der Waals surface area contributed by atoms with Gasteiger partial charge in [0.1, 0.15) is 18.2 Å². The number of benzene rings is 7. The van der Waals surface area contributed by atoms with Gasteiger partial charge in [0.15, 0.2) is 11.5 Å². The maximum Gasteiger partial charge on any atom is 0.335 e. The van der Waals surface area contributed by atoms with E-state index in [1.54, 1.807) is 0 Å². The molecular weight excluding hydrogens is 957 g/mol. The first-order valence-electron chi connectivity index (χ1n) is 23.6. The van der Waals surface area contributed by atoms with E-state index in [0.29, 0.717) is 5.69 Å². The maximum atomic E-state index is 14.6. The number of anilines is 3. The van der Waals surface area contributed by atoms with Crippen LogP contribution in [0.1, 0.15) is 78.4 Å². The molecule has 1 atom stereocenters. The fraction of sp³-hybridized carbons (Fsp3) is 0.138. The molecule has 7 rings (SSSR count). The number of ether oxygens (including phenoxy) is 2. The highest BCUT2D eigenvalue weighted by Gasteiger charge is 2.39. The Balaban J connectivity index is 1.14. The number of hydrogen-bond acceptors (Lipinski definition) is 10. The summed E-state index contributed by atoms with van der Waals surface area (Å²) in [4.78, 5) is 92.3. The van der Waals surface area contributed by atoms with E-state index in [-0.39, 0.29) is 69.9 Å². The van der Waals surface area contributed by atoms with Crippen LogP contribution in [0.2, 0.25) is 0 Å². The van der Waals surface area contributed by atoms with Crippen LogP contribution in [0.3, 0.4) is 0 Å². The highest BCUT2D eigenvalue weighted by Crippen LogP contribution is 2.41. The maximum absolute atomic E-state index is 14.6. The minimum absolute atomic E-state index is 0.00115. The number of carbonyl (C=O) groups excluding carboxylic acids is 5. The number of carbonyl (C=O) groups is 6. The zero-order valence-corrected chi connectivity index (χ0v) is 40.8. The molecule has 7 aromatic rings. The van der Waals surface area contributed by atoms with Gasteiger partial charge in [-0.15, -0.1) is 0 Å². The zero-order valence-electron chi connectivity index (χ0n) is 40.8. The molecule has 0 fully saturated rings. The molecule has 1 unspecified atom stereocenters. The molecular formula is C58H52N6O11. The van der Waals surface area contributed by atoms with Gasteiger partial charge in [-0.05, 0) is 95.4 Å². The number of rotatable bonds is 22. The van der Waals surface area contributed by atoms with Gasteiger partial charge in [0.25, 0.3) is 23.4 Å².